The van der Waals surface area contributed by atoms with Crippen LogP contribution in [-0.4, -0.2) is 9.55 Å². The Morgan fingerprint density at radius 3 is 2.30 bits per heavy atom. The lowest BCUT2D eigenvalue weighted by atomic mass is 9.88. The van der Waals surface area contributed by atoms with E-state index in [1.165, 1.54) is 56.5 Å². The van der Waals surface area contributed by atoms with Crippen molar-refractivity contribution in [2.24, 2.45) is 0 Å². The largest absolute Gasteiger partial charge is 0.384 e. The molecule has 1 heterocycles. The van der Waals surface area contributed by atoms with Crippen LogP contribution in [0.3, 0.4) is 0 Å². The van der Waals surface area contributed by atoms with E-state index in [9.17, 15) is 0 Å². The van der Waals surface area contributed by atoms with Crippen molar-refractivity contribution in [1.82, 2.24) is 9.55 Å². The first-order chi connectivity index (χ1) is 9.76. The summed E-state index contributed by atoms with van der Waals surface area (Å²) in [5.41, 5.74) is 7.70. The molecule has 2 aliphatic carbocycles. The topological polar surface area (TPSA) is 43.8 Å². The monoisotopic (exact) mass is 275 g/mol. The highest BCUT2D eigenvalue weighted by atomic mass is 15.2. The molecule has 2 aliphatic rings. The normalized spacial score (nSPS) is 20.8. The van der Waals surface area contributed by atoms with Gasteiger partial charge in [-0.3, -0.25) is 0 Å². The van der Waals surface area contributed by atoms with Gasteiger partial charge in [0.1, 0.15) is 11.6 Å². The summed E-state index contributed by atoms with van der Waals surface area (Å²) >= 11 is 0. The van der Waals surface area contributed by atoms with Crippen molar-refractivity contribution in [3.05, 3.63) is 11.5 Å². The maximum Gasteiger partial charge on any atom is 0.127 e. The van der Waals surface area contributed by atoms with Gasteiger partial charge in [-0.15, -0.1) is 0 Å². The van der Waals surface area contributed by atoms with Crippen LogP contribution in [-0.2, 0) is 0 Å². The van der Waals surface area contributed by atoms with Crippen LogP contribution in [0.25, 0.3) is 0 Å². The molecule has 0 radical (unpaired) electrons. The fraction of sp³-hybridized carbons (Fsp3) is 0.824. The highest BCUT2D eigenvalue weighted by Crippen LogP contribution is 2.44. The number of aromatic nitrogens is 2. The van der Waals surface area contributed by atoms with Crippen molar-refractivity contribution in [1.29, 1.82) is 0 Å². The molecule has 1 aromatic heterocycles. The molecule has 3 heteroatoms. The van der Waals surface area contributed by atoms with E-state index in [1.54, 1.807) is 0 Å². The molecule has 0 saturated heterocycles. The molecule has 0 amide bonds. The lowest BCUT2D eigenvalue weighted by Gasteiger charge is -2.22. The molecule has 3 nitrogen and oxygen atoms in total. The summed E-state index contributed by atoms with van der Waals surface area (Å²) in [7, 11) is 0. The molecule has 3 rings (SSSR count). The van der Waals surface area contributed by atoms with Crippen molar-refractivity contribution in [3.8, 4) is 0 Å². The first kappa shape index (κ1) is 14.0. The highest BCUT2D eigenvalue weighted by Gasteiger charge is 2.33. The smallest absolute Gasteiger partial charge is 0.127 e. The lowest BCUT2D eigenvalue weighted by Crippen LogP contribution is -2.12. The van der Waals surface area contributed by atoms with Gasteiger partial charge >= 0.3 is 0 Å². The zero-order valence-electron chi connectivity index (χ0n) is 13.1. The standard InChI is InChI=1S/C17H29N3/c1-3-12(4-2)15-16(18)20(14-10-11-14)17(19-15)13-8-6-5-7-9-13/h12-14H,3-11,18H2,1-2H3. The quantitative estimate of drug-likeness (QED) is 0.842. The Kier molecular flexibility index (Phi) is 4.04. The second-order valence-electron chi connectivity index (χ2n) is 6.69. The van der Waals surface area contributed by atoms with E-state index in [0.717, 1.165) is 18.7 Å². The molecule has 2 fully saturated rings. The summed E-state index contributed by atoms with van der Waals surface area (Å²) in [6.07, 6.45) is 11.6. The first-order valence-corrected chi connectivity index (χ1v) is 8.63. The van der Waals surface area contributed by atoms with Gasteiger partial charge < -0.3 is 10.3 Å². The predicted molar refractivity (Wildman–Crippen MR) is 84.1 cm³/mol. The second-order valence-corrected chi connectivity index (χ2v) is 6.69. The Bertz CT molecular complexity index is 449. The molecule has 0 bridgehead atoms. The molecule has 20 heavy (non-hydrogen) atoms. The van der Waals surface area contributed by atoms with Crippen LogP contribution in [0, 0.1) is 0 Å². The molecule has 1 aromatic rings. The Balaban J connectivity index is 1.96. The zero-order valence-corrected chi connectivity index (χ0v) is 13.1. The summed E-state index contributed by atoms with van der Waals surface area (Å²) in [5.74, 6) is 3.51. The fourth-order valence-electron chi connectivity index (χ4n) is 3.82. The van der Waals surface area contributed by atoms with Crippen LogP contribution in [0.15, 0.2) is 0 Å². The van der Waals surface area contributed by atoms with Crippen LogP contribution in [0.4, 0.5) is 5.82 Å². The summed E-state index contributed by atoms with van der Waals surface area (Å²) in [5, 5.41) is 0. The molecule has 112 valence electrons. The third-order valence-corrected chi connectivity index (χ3v) is 5.26. The number of nitrogens with two attached hydrogens (primary N) is 1. The summed E-state index contributed by atoms with van der Waals surface area (Å²) in [6, 6.07) is 0.655. The number of hydrogen-bond acceptors (Lipinski definition) is 2. The highest BCUT2D eigenvalue weighted by molar-refractivity contribution is 5.42. The van der Waals surface area contributed by atoms with Gasteiger partial charge in [-0.25, -0.2) is 4.98 Å². The number of hydrogen-bond donors (Lipinski definition) is 1. The van der Waals surface area contributed by atoms with Gasteiger partial charge in [0.15, 0.2) is 0 Å². The minimum Gasteiger partial charge on any atom is -0.384 e. The van der Waals surface area contributed by atoms with Crippen LogP contribution >= 0.6 is 0 Å². The zero-order chi connectivity index (χ0) is 14.1. The van der Waals surface area contributed by atoms with E-state index in [4.69, 9.17) is 10.7 Å². The Morgan fingerprint density at radius 1 is 1.10 bits per heavy atom. The van der Waals surface area contributed by atoms with Crippen molar-refractivity contribution in [2.75, 3.05) is 5.73 Å². The summed E-state index contributed by atoms with van der Waals surface area (Å²) < 4.78 is 2.42. The van der Waals surface area contributed by atoms with Crippen LogP contribution in [0.5, 0.6) is 0 Å². The maximum absolute atomic E-state index is 6.50. The molecular formula is C17H29N3. The third kappa shape index (κ3) is 2.47. The molecule has 0 spiro atoms. The molecule has 0 aromatic carbocycles. The van der Waals surface area contributed by atoms with E-state index < -0.39 is 0 Å². The van der Waals surface area contributed by atoms with Crippen LogP contribution in [0.1, 0.15) is 101 Å². The summed E-state index contributed by atoms with van der Waals surface area (Å²) in [6.45, 7) is 4.51. The number of imidazole rings is 1. The van der Waals surface area contributed by atoms with Gasteiger partial charge in [0.2, 0.25) is 0 Å². The SMILES string of the molecule is CCC(CC)c1nc(C2CCCCC2)n(C2CC2)c1N. The van der Waals surface area contributed by atoms with Gasteiger partial charge in [-0.05, 0) is 38.5 Å². The van der Waals surface area contributed by atoms with E-state index in [0.29, 0.717) is 17.9 Å². The lowest BCUT2D eigenvalue weighted by molar-refractivity contribution is 0.416. The van der Waals surface area contributed by atoms with Crippen molar-refractivity contribution < 1.29 is 0 Å². The number of nitrogens with zero attached hydrogens (tertiary/aromatic N) is 2. The molecule has 0 aliphatic heterocycles. The van der Waals surface area contributed by atoms with Gasteiger partial charge in [-0.1, -0.05) is 33.1 Å². The Labute approximate surface area is 123 Å². The molecular weight excluding hydrogens is 246 g/mol. The Hall–Kier alpha value is -0.990. The number of anilines is 1. The average molecular weight is 275 g/mol. The van der Waals surface area contributed by atoms with Gasteiger partial charge in [0, 0.05) is 17.9 Å². The second kappa shape index (κ2) is 5.79. The van der Waals surface area contributed by atoms with Crippen molar-refractivity contribution in [3.63, 3.8) is 0 Å². The van der Waals surface area contributed by atoms with Crippen LogP contribution < -0.4 is 5.73 Å². The van der Waals surface area contributed by atoms with Crippen molar-refractivity contribution in [2.45, 2.75) is 89.5 Å². The summed E-state index contributed by atoms with van der Waals surface area (Å²) in [4.78, 5) is 5.07. The first-order valence-electron chi connectivity index (χ1n) is 8.63. The predicted octanol–water partition coefficient (Wildman–Crippen LogP) is 4.75. The molecule has 0 atom stereocenters. The minimum absolute atomic E-state index is 0.539. The third-order valence-electron chi connectivity index (χ3n) is 5.26. The van der Waals surface area contributed by atoms with Gasteiger partial charge in [-0.2, -0.15) is 0 Å². The van der Waals surface area contributed by atoms with E-state index >= 15 is 0 Å². The number of nitrogen functional groups attached to an aromatic ring is 1. The molecule has 2 saturated carbocycles. The van der Waals surface area contributed by atoms with Crippen molar-refractivity contribution >= 4 is 5.82 Å². The van der Waals surface area contributed by atoms with Crippen LogP contribution in [0.2, 0.25) is 0 Å². The average Bonchev–Trinajstić information content (AvgIpc) is 3.26. The van der Waals surface area contributed by atoms with Gasteiger partial charge in [0.25, 0.3) is 0 Å². The maximum atomic E-state index is 6.50. The minimum atomic E-state index is 0.539. The van der Waals surface area contributed by atoms with E-state index in [1.807, 2.05) is 0 Å². The fourth-order valence-corrected chi connectivity index (χ4v) is 3.82. The van der Waals surface area contributed by atoms with E-state index in [2.05, 4.69) is 18.4 Å². The van der Waals surface area contributed by atoms with E-state index in [-0.39, 0.29) is 0 Å². The van der Waals surface area contributed by atoms with Gasteiger partial charge in [0.05, 0.1) is 5.69 Å². The Morgan fingerprint density at radius 2 is 1.75 bits per heavy atom. The molecule has 2 N–H and O–H groups in total. The number of rotatable bonds is 5. The molecule has 0 unspecified atom stereocenters.